The summed E-state index contributed by atoms with van der Waals surface area (Å²) in [5.74, 6) is 0.785. The molecule has 0 aliphatic rings. The third-order valence-electron chi connectivity index (χ3n) is 3.96. The van der Waals surface area contributed by atoms with E-state index in [9.17, 15) is 9.59 Å². The molecular formula is C20H19N3O4. The lowest BCUT2D eigenvalue weighted by atomic mass is 10.1. The Balaban J connectivity index is 1.77. The number of hydrogen-bond donors (Lipinski definition) is 2. The van der Waals surface area contributed by atoms with Gasteiger partial charge in [-0.25, -0.2) is 4.79 Å². The fourth-order valence-corrected chi connectivity index (χ4v) is 2.60. The van der Waals surface area contributed by atoms with Crippen LogP contribution in [-0.4, -0.2) is 30.1 Å². The number of ether oxygens (including phenoxy) is 2. The lowest BCUT2D eigenvalue weighted by Gasteiger charge is -2.10. The Kier molecular flexibility index (Phi) is 5.51. The summed E-state index contributed by atoms with van der Waals surface area (Å²) in [7, 11) is 3.11. The van der Waals surface area contributed by atoms with Gasteiger partial charge in [-0.2, -0.15) is 4.98 Å². The molecule has 2 N–H and O–H groups in total. The average Bonchev–Trinajstić information content (AvgIpc) is 2.71. The highest BCUT2D eigenvalue weighted by molar-refractivity contribution is 5.93. The van der Waals surface area contributed by atoms with E-state index in [1.807, 2.05) is 36.4 Å². The molecule has 0 radical (unpaired) electrons. The summed E-state index contributed by atoms with van der Waals surface area (Å²) in [4.78, 5) is 30.7. The van der Waals surface area contributed by atoms with Gasteiger partial charge < -0.3 is 19.8 Å². The van der Waals surface area contributed by atoms with Crippen molar-refractivity contribution in [1.82, 2.24) is 15.3 Å². The van der Waals surface area contributed by atoms with Gasteiger partial charge in [0.15, 0.2) is 11.5 Å². The third kappa shape index (κ3) is 4.33. The smallest absolute Gasteiger partial charge is 0.346 e. The number of carbonyl (C=O) groups is 1. The number of H-pyrrole nitrogens is 1. The molecule has 0 spiro atoms. The van der Waals surface area contributed by atoms with Crippen LogP contribution in [0.4, 0.5) is 0 Å². The van der Waals surface area contributed by atoms with Gasteiger partial charge in [0.1, 0.15) is 5.69 Å². The Labute approximate surface area is 156 Å². The second-order valence-electron chi connectivity index (χ2n) is 5.72. The molecule has 0 aliphatic heterocycles. The number of amides is 1. The van der Waals surface area contributed by atoms with Crippen molar-refractivity contribution in [1.29, 1.82) is 0 Å². The van der Waals surface area contributed by atoms with Crippen molar-refractivity contribution in [3.8, 4) is 22.8 Å². The average molecular weight is 365 g/mol. The molecule has 7 heteroatoms. The molecule has 1 aromatic heterocycles. The van der Waals surface area contributed by atoms with Crippen LogP contribution < -0.4 is 20.5 Å². The zero-order chi connectivity index (χ0) is 19.2. The number of aromatic nitrogens is 2. The second kappa shape index (κ2) is 8.18. The molecule has 2 aromatic carbocycles. The Morgan fingerprint density at radius 3 is 2.48 bits per heavy atom. The van der Waals surface area contributed by atoms with Gasteiger partial charge in [0, 0.05) is 12.1 Å². The van der Waals surface area contributed by atoms with Crippen LogP contribution in [0.3, 0.4) is 0 Å². The molecule has 0 saturated heterocycles. The molecular weight excluding hydrogens is 346 g/mol. The first-order valence-corrected chi connectivity index (χ1v) is 8.26. The van der Waals surface area contributed by atoms with Crippen LogP contribution in [0, 0.1) is 0 Å². The molecule has 27 heavy (non-hydrogen) atoms. The molecule has 1 amide bonds. The molecule has 0 fully saturated rings. The summed E-state index contributed by atoms with van der Waals surface area (Å²) in [5.41, 5.74) is 1.61. The number of aromatic amines is 1. The Hall–Kier alpha value is -3.61. The van der Waals surface area contributed by atoms with E-state index in [2.05, 4.69) is 15.3 Å². The first-order valence-electron chi connectivity index (χ1n) is 8.26. The standard InChI is InChI=1S/C20H19N3O4/c1-26-17-9-8-13(10-18(17)27-2)12-21-19(24)16-11-15(22-20(25)23-16)14-6-4-3-5-7-14/h3-11H,12H2,1-2H3,(H,21,24)(H,22,23,25). The molecule has 7 nitrogen and oxygen atoms in total. The highest BCUT2D eigenvalue weighted by atomic mass is 16.5. The zero-order valence-corrected chi connectivity index (χ0v) is 15.0. The van der Waals surface area contributed by atoms with E-state index in [0.717, 1.165) is 11.1 Å². The maximum Gasteiger partial charge on any atom is 0.346 e. The molecule has 1 heterocycles. The van der Waals surface area contributed by atoms with Crippen molar-refractivity contribution >= 4 is 5.91 Å². The maximum absolute atomic E-state index is 12.5. The van der Waals surface area contributed by atoms with E-state index in [1.54, 1.807) is 32.4 Å². The largest absolute Gasteiger partial charge is 0.493 e. The number of benzene rings is 2. The number of hydrogen-bond acceptors (Lipinski definition) is 5. The van der Waals surface area contributed by atoms with E-state index >= 15 is 0 Å². The van der Waals surface area contributed by atoms with Gasteiger partial charge in [-0.1, -0.05) is 36.4 Å². The van der Waals surface area contributed by atoms with Gasteiger partial charge in [0.25, 0.3) is 5.91 Å². The molecule has 0 unspecified atom stereocenters. The predicted octanol–water partition coefficient (Wildman–Crippen LogP) is 2.38. The minimum Gasteiger partial charge on any atom is -0.493 e. The zero-order valence-electron chi connectivity index (χ0n) is 15.0. The number of rotatable bonds is 6. The molecule has 3 rings (SSSR count). The lowest BCUT2D eigenvalue weighted by Crippen LogP contribution is -2.27. The fraction of sp³-hybridized carbons (Fsp3) is 0.150. The second-order valence-corrected chi connectivity index (χ2v) is 5.72. The quantitative estimate of drug-likeness (QED) is 0.700. The van der Waals surface area contributed by atoms with Crippen molar-refractivity contribution in [2.24, 2.45) is 0 Å². The van der Waals surface area contributed by atoms with Crippen molar-refractivity contribution in [3.05, 3.63) is 76.3 Å². The van der Waals surface area contributed by atoms with Crippen LogP contribution in [0.1, 0.15) is 16.1 Å². The van der Waals surface area contributed by atoms with Gasteiger partial charge in [0.05, 0.1) is 19.9 Å². The van der Waals surface area contributed by atoms with Crippen LogP contribution in [0.15, 0.2) is 59.4 Å². The predicted molar refractivity (Wildman–Crippen MR) is 101 cm³/mol. The Bertz CT molecular complexity index is 1000. The van der Waals surface area contributed by atoms with Crippen LogP contribution in [0.25, 0.3) is 11.3 Å². The normalized spacial score (nSPS) is 10.3. The van der Waals surface area contributed by atoms with E-state index in [0.29, 0.717) is 17.2 Å². The SMILES string of the molecule is COc1ccc(CNC(=O)c2cc(-c3ccccc3)nc(=O)[nH]2)cc1OC. The summed E-state index contributed by atoms with van der Waals surface area (Å²) < 4.78 is 10.5. The van der Waals surface area contributed by atoms with E-state index in [-0.39, 0.29) is 12.2 Å². The topological polar surface area (TPSA) is 93.3 Å². The number of nitrogens with one attached hydrogen (secondary N) is 2. The third-order valence-corrected chi connectivity index (χ3v) is 3.96. The Morgan fingerprint density at radius 2 is 1.78 bits per heavy atom. The monoisotopic (exact) mass is 365 g/mol. The maximum atomic E-state index is 12.5. The molecule has 0 aliphatic carbocycles. The van der Waals surface area contributed by atoms with E-state index in [1.165, 1.54) is 0 Å². The van der Waals surface area contributed by atoms with E-state index < -0.39 is 11.6 Å². The Morgan fingerprint density at radius 1 is 1.04 bits per heavy atom. The van der Waals surface area contributed by atoms with Gasteiger partial charge in [-0.15, -0.1) is 0 Å². The molecule has 0 saturated carbocycles. The first-order chi connectivity index (χ1) is 13.1. The molecule has 3 aromatic rings. The molecule has 0 atom stereocenters. The summed E-state index contributed by atoms with van der Waals surface area (Å²) in [6.07, 6.45) is 0. The fourth-order valence-electron chi connectivity index (χ4n) is 2.60. The van der Waals surface area contributed by atoms with Crippen molar-refractivity contribution in [2.45, 2.75) is 6.54 Å². The van der Waals surface area contributed by atoms with Crippen molar-refractivity contribution in [2.75, 3.05) is 14.2 Å². The van der Waals surface area contributed by atoms with Crippen molar-refractivity contribution < 1.29 is 14.3 Å². The van der Waals surface area contributed by atoms with Gasteiger partial charge in [0.2, 0.25) is 0 Å². The summed E-state index contributed by atoms with van der Waals surface area (Å²) in [5, 5.41) is 2.78. The highest BCUT2D eigenvalue weighted by Gasteiger charge is 2.11. The van der Waals surface area contributed by atoms with Crippen LogP contribution in [0.2, 0.25) is 0 Å². The number of methoxy groups -OCH3 is 2. The number of carbonyl (C=O) groups excluding carboxylic acids is 1. The van der Waals surface area contributed by atoms with Gasteiger partial charge in [-0.05, 0) is 23.8 Å². The molecule has 138 valence electrons. The minimum absolute atomic E-state index is 0.148. The van der Waals surface area contributed by atoms with Crippen LogP contribution >= 0.6 is 0 Å². The van der Waals surface area contributed by atoms with Gasteiger partial charge >= 0.3 is 5.69 Å². The van der Waals surface area contributed by atoms with E-state index in [4.69, 9.17) is 9.47 Å². The number of nitrogens with zero attached hydrogens (tertiary/aromatic N) is 1. The summed E-state index contributed by atoms with van der Waals surface area (Å²) in [6.45, 7) is 0.268. The first kappa shape index (κ1) is 18.2. The van der Waals surface area contributed by atoms with Crippen LogP contribution in [-0.2, 0) is 6.54 Å². The lowest BCUT2D eigenvalue weighted by molar-refractivity contribution is 0.0945. The van der Waals surface area contributed by atoms with Gasteiger partial charge in [-0.3, -0.25) is 4.79 Å². The van der Waals surface area contributed by atoms with Crippen molar-refractivity contribution in [3.63, 3.8) is 0 Å². The summed E-state index contributed by atoms with van der Waals surface area (Å²) in [6, 6.07) is 16.1. The molecule has 0 bridgehead atoms. The highest BCUT2D eigenvalue weighted by Crippen LogP contribution is 2.27. The van der Waals surface area contributed by atoms with Crippen LogP contribution in [0.5, 0.6) is 11.5 Å². The summed E-state index contributed by atoms with van der Waals surface area (Å²) >= 11 is 0. The minimum atomic E-state index is -0.576.